The number of rotatable bonds is 1. The van der Waals surface area contributed by atoms with Gasteiger partial charge in [-0.1, -0.05) is 19.4 Å². The lowest BCUT2D eigenvalue weighted by molar-refractivity contribution is -0.148. The number of halogens is 1. The van der Waals surface area contributed by atoms with Gasteiger partial charge in [-0.05, 0) is 68.3 Å². The van der Waals surface area contributed by atoms with E-state index in [1.807, 2.05) is 6.08 Å². The normalized spacial score (nSPS) is 50.5. The molecule has 4 heteroatoms. The standard InChI is InChI=1S/C20H27ClO3/c1-18-9-10-20(21)15(14(18)5-6-16(18)17(23)24)4-3-12-11-13(22)7-8-19(12,20)2/h11,14-16H,3-10H2,1-2H3,(H,23,24)/t14-,15-,16?,18-,19-,20-/m0/s1. The lowest BCUT2D eigenvalue weighted by atomic mass is 9.46. The first-order chi connectivity index (χ1) is 11.2. The Morgan fingerprint density at radius 1 is 1.12 bits per heavy atom. The van der Waals surface area contributed by atoms with Crippen molar-refractivity contribution < 1.29 is 14.7 Å². The molecule has 1 unspecified atom stereocenters. The van der Waals surface area contributed by atoms with Gasteiger partial charge in [-0.25, -0.2) is 0 Å². The van der Waals surface area contributed by atoms with Crippen molar-refractivity contribution in [3.8, 4) is 0 Å². The number of hydrogen-bond acceptors (Lipinski definition) is 2. The molecule has 132 valence electrons. The van der Waals surface area contributed by atoms with Gasteiger partial charge in [-0.15, -0.1) is 11.6 Å². The van der Waals surface area contributed by atoms with E-state index in [0.717, 1.165) is 44.9 Å². The van der Waals surface area contributed by atoms with Crippen LogP contribution in [-0.4, -0.2) is 21.7 Å². The highest BCUT2D eigenvalue weighted by atomic mass is 35.5. The quantitative estimate of drug-likeness (QED) is 0.704. The van der Waals surface area contributed by atoms with Gasteiger partial charge in [0.1, 0.15) is 0 Å². The number of carboxylic acid groups (broad SMARTS) is 1. The lowest BCUT2D eigenvalue weighted by Crippen LogP contribution is -2.60. The second kappa shape index (κ2) is 5.09. The summed E-state index contributed by atoms with van der Waals surface area (Å²) in [5.41, 5.74) is 1.03. The van der Waals surface area contributed by atoms with Crippen LogP contribution in [0.2, 0.25) is 0 Å². The second-order valence-electron chi connectivity index (χ2n) is 9.06. The smallest absolute Gasteiger partial charge is 0.307 e. The van der Waals surface area contributed by atoms with Crippen molar-refractivity contribution in [2.24, 2.45) is 28.6 Å². The maximum Gasteiger partial charge on any atom is 0.307 e. The Balaban J connectivity index is 1.74. The van der Waals surface area contributed by atoms with Crippen LogP contribution in [0.15, 0.2) is 11.6 Å². The zero-order valence-corrected chi connectivity index (χ0v) is 15.4. The third-order valence-corrected chi connectivity index (χ3v) is 9.25. The third kappa shape index (κ3) is 1.91. The van der Waals surface area contributed by atoms with Crippen molar-refractivity contribution in [2.75, 3.05) is 0 Å². The van der Waals surface area contributed by atoms with Gasteiger partial charge in [0.05, 0.1) is 10.8 Å². The predicted octanol–water partition coefficient (Wildman–Crippen LogP) is 4.58. The molecule has 6 atom stereocenters. The van der Waals surface area contributed by atoms with Crippen LogP contribution in [0, 0.1) is 28.6 Å². The fourth-order valence-electron chi connectivity index (χ4n) is 6.85. The molecule has 0 amide bonds. The molecule has 4 aliphatic rings. The first kappa shape index (κ1) is 16.6. The Labute approximate surface area is 148 Å². The molecule has 1 N–H and O–H groups in total. The first-order valence-electron chi connectivity index (χ1n) is 9.38. The highest BCUT2D eigenvalue weighted by Gasteiger charge is 2.66. The highest BCUT2D eigenvalue weighted by Crippen LogP contribution is 2.70. The van der Waals surface area contributed by atoms with E-state index in [0.29, 0.717) is 18.3 Å². The van der Waals surface area contributed by atoms with E-state index in [4.69, 9.17) is 11.6 Å². The minimum atomic E-state index is -0.632. The molecule has 0 aromatic heterocycles. The number of fused-ring (bicyclic) bond motifs is 5. The largest absolute Gasteiger partial charge is 0.481 e. The molecule has 4 rings (SSSR count). The van der Waals surface area contributed by atoms with Gasteiger partial charge in [-0.3, -0.25) is 9.59 Å². The summed E-state index contributed by atoms with van der Waals surface area (Å²) < 4.78 is 0. The monoisotopic (exact) mass is 350 g/mol. The molecule has 4 aliphatic carbocycles. The maximum absolute atomic E-state index is 11.9. The van der Waals surface area contributed by atoms with E-state index in [-0.39, 0.29) is 27.4 Å². The van der Waals surface area contributed by atoms with Crippen LogP contribution >= 0.6 is 11.6 Å². The molecule has 24 heavy (non-hydrogen) atoms. The number of carbonyl (C=O) groups is 2. The molecule has 3 fully saturated rings. The van der Waals surface area contributed by atoms with Crippen LogP contribution in [-0.2, 0) is 9.59 Å². The average Bonchev–Trinajstić information content (AvgIpc) is 2.87. The fraction of sp³-hybridized carbons (Fsp3) is 0.800. The van der Waals surface area contributed by atoms with Crippen LogP contribution in [0.25, 0.3) is 0 Å². The SMILES string of the molecule is C[C@]12CCC(=O)C=C1CC[C@H]1[C@@H]3CCC(C(=O)O)[C@@]3(C)CC[C@]12Cl. The summed E-state index contributed by atoms with van der Waals surface area (Å²) in [4.78, 5) is 23.3. The van der Waals surface area contributed by atoms with E-state index in [1.165, 1.54) is 5.57 Å². The summed E-state index contributed by atoms with van der Waals surface area (Å²) in [7, 11) is 0. The summed E-state index contributed by atoms with van der Waals surface area (Å²) in [5.74, 6) is 0.168. The maximum atomic E-state index is 11.9. The summed E-state index contributed by atoms with van der Waals surface area (Å²) in [6, 6.07) is 0. The van der Waals surface area contributed by atoms with Gasteiger partial charge in [0.2, 0.25) is 0 Å². The molecule has 0 aromatic carbocycles. The van der Waals surface area contributed by atoms with Crippen LogP contribution in [0.1, 0.15) is 65.2 Å². The number of carbonyl (C=O) groups excluding carboxylic acids is 1. The van der Waals surface area contributed by atoms with E-state index < -0.39 is 5.97 Å². The summed E-state index contributed by atoms with van der Waals surface area (Å²) in [6.45, 7) is 4.45. The van der Waals surface area contributed by atoms with Crippen molar-refractivity contribution in [3.05, 3.63) is 11.6 Å². The molecule has 0 saturated heterocycles. The molecule has 0 spiro atoms. The average molecular weight is 351 g/mol. The fourth-order valence-corrected chi connectivity index (χ4v) is 7.43. The van der Waals surface area contributed by atoms with Crippen LogP contribution in [0.3, 0.4) is 0 Å². The molecule has 0 heterocycles. The third-order valence-electron chi connectivity index (χ3n) is 8.37. The molecule has 0 radical (unpaired) electrons. The number of aliphatic carboxylic acids is 1. The van der Waals surface area contributed by atoms with E-state index in [1.54, 1.807) is 0 Å². The van der Waals surface area contributed by atoms with Gasteiger partial charge >= 0.3 is 5.97 Å². The minimum Gasteiger partial charge on any atom is -0.481 e. The number of alkyl halides is 1. The number of carboxylic acids is 1. The minimum absolute atomic E-state index is 0.103. The van der Waals surface area contributed by atoms with Crippen LogP contribution < -0.4 is 0 Å². The second-order valence-corrected chi connectivity index (χ2v) is 9.73. The van der Waals surface area contributed by atoms with Crippen molar-refractivity contribution in [1.82, 2.24) is 0 Å². The molecular formula is C20H27ClO3. The van der Waals surface area contributed by atoms with Gasteiger partial charge in [-0.2, -0.15) is 0 Å². The lowest BCUT2D eigenvalue weighted by Gasteiger charge is -2.62. The van der Waals surface area contributed by atoms with Crippen molar-refractivity contribution >= 4 is 23.4 Å². The Bertz CT molecular complexity index is 641. The van der Waals surface area contributed by atoms with Crippen LogP contribution in [0.4, 0.5) is 0 Å². The van der Waals surface area contributed by atoms with E-state index >= 15 is 0 Å². The summed E-state index contributed by atoms with van der Waals surface area (Å²) in [6.07, 6.45) is 8.81. The topological polar surface area (TPSA) is 54.4 Å². The summed E-state index contributed by atoms with van der Waals surface area (Å²) in [5, 5.41) is 9.67. The zero-order valence-electron chi connectivity index (χ0n) is 14.6. The number of ketones is 1. The molecular weight excluding hydrogens is 324 g/mol. The van der Waals surface area contributed by atoms with Crippen LogP contribution in [0.5, 0.6) is 0 Å². The van der Waals surface area contributed by atoms with Crippen molar-refractivity contribution in [1.29, 1.82) is 0 Å². The Morgan fingerprint density at radius 2 is 1.88 bits per heavy atom. The van der Waals surface area contributed by atoms with Crippen molar-refractivity contribution in [2.45, 2.75) is 70.1 Å². The Kier molecular flexibility index (Phi) is 3.53. The molecule has 0 aromatic rings. The van der Waals surface area contributed by atoms with Gasteiger partial charge in [0, 0.05) is 11.8 Å². The molecule has 0 aliphatic heterocycles. The molecule has 0 bridgehead atoms. The number of allylic oxidation sites excluding steroid dienone is 1. The molecule has 3 nitrogen and oxygen atoms in total. The van der Waals surface area contributed by atoms with E-state index in [2.05, 4.69) is 13.8 Å². The van der Waals surface area contributed by atoms with Crippen molar-refractivity contribution in [3.63, 3.8) is 0 Å². The Hall–Kier alpha value is -0.830. The van der Waals surface area contributed by atoms with Gasteiger partial charge in [0.25, 0.3) is 0 Å². The van der Waals surface area contributed by atoms with Gasteiger partial charge < -0.3 is 5.11 Å². The number of hydrogen-bond donors (Lipinski definition) is 1. The first-order valence-corrected chi connectivity index (χ1v) is 9.76. The van der Waals surface area contributed by atoms with E-state index in [9.17, 15) is 14.7 Å². The zero-order chi connectivity index (χ0) is 17.3. The highest BCUT2D eigenvalue weighted by molar-refractivity contribution is 6.25. The Morgan fingerprint density at radius 3 is 2.58 bits per heavy atom. The van der Waals surface area contributed by atoms with Gasteiger partial charge in [0.15, 0.2) is 5.78 Å². The molecule has 3 saturated carbocycles. The summed E-state index contributed by atoms with van der Waals surface area (Å²) >= 11 is 7.40. The predicted molar refractivity (Wildman–Crippen MR) is 92.9 cm³/mol.